The lowest BCUT2D eigenvalue weighted by molar-refractivity contribution is 0.0330. The fraction of sp³-hybridized carbons (Fsp3) is 0.682. The monoisotopic (exact) mass is 360 g/mol. The van der Waals surface area contributed by atoms with Gasteiger partial charge < -0.3 is 5.73 Å². The second-order valence-electron chi connectivity index (χ2n) is 9.03. The molecule has 1 fully saturated rings. The number of alkyl halides is 1. The molecule has 2 aliphatic rings. The van der Waals surface area contributed by atoms with Crippen molar-refractivity contribution in [2.75, 3.05) is 12.4 Å². The topological polar surface area (TPSA) is 38.4 Å². The summed E-state index contributed by atoms with van der Waals surface area (Å²) in [6, 6.07) is 7.25. The molecule has 0 bridgehead atoms. The average Bonchev–Trinajstić information content (AvgIpc) is 2.59. The second-order valence-corrected chi connectivity index (χ2v) is 9.30. The number of nitrogens with zero attached hydrogens (tertiary/aromatic N) is 1. The van der Waals surface area contributed by atoms with E-state index in [1.807, 2.05) is 0 Å². The summed E-state index contributed by atoms with van der Waals surface area (Å²) in [6.07, 6.45) is 6.26. The van der Waals surface area contributed by atoms with E-state index < -0.39 is 0 Å². The Labute approximate surface area is 158 Å². The predicted octanol–water partition coefficient (Wildman–Crippen LogP) is 5.42. The summed E-state index contributed by atoms with van der Waals surface area (Å²) in [6.45, 7) is 10.3. The van der Waals surface area contributed by atoms with E-state index in [4.69, 9.17) is 17.3 Å². The van der Waals surface area contributed by atoms with Crippen molar-refractivity contribution in [3.05, 3.63) is 34.9 Å². The molecule has 0 spiro atoms. The van der Waals surface area contributed by atoms with Crippen molar-refractivity contribution in [3.8, 4) is 0 Å². The molecule has 0 saturated heterocycles. The number of rotatable bonds is 4. The first kappa shape index (κ1) is 18.8. The highest BCUT2D eigenvalue weighted by molar-refractivity contribution is 6.27. The number of halogens is 1. The Morgan fingerprint density at radius 2 is 2.08 bits per heavy atom. The summed E-state index contributed by atoms with van der Waals surface area (Å²) in [5, 5.41) is 0. The quantitative estimate of drug-likeness (QED) is 0.434. The van der Waals surface area contributed by atoms with Crippen LogP contribution in [0.25, 0.3) is 0 Å². The first-order valence-electron chi connectivity index (χ1n) is 9.78. The molecule has 2 nitrogen and oxygen atoms in total. The Bertz CT molecular complexity index is 666. The maximum absolute atomic E-state index is 5.89. The fourth-order valence-corrected chi connectivity index (χ4v) is 5.60. The summed E-state index contributed by atoms with van der Waals surface area (Å²) in [5.41, 5.74) is 11.0. The molecule has 0 heterocycles. The van der Waals surface area contributed by atoms with Gasteiger partial charge in [0, 0.05) is 6.54 Å². The van der Waals surface area contributed by atoms with Gasteiger partial charge in [-0.1, -0.05) is 52.3 Å². The van der Waals surface area contributed by atoms with Gasteiger partial charge in [0.25, 0.3) is 0 Å². The predicted molar refractivity (Wildman–Crippen MR) is 109 cm³/mol. The molecular weight excluding hydrogens is 328 g/mol. The molecular formula is C22H33ClN2. The summed E-state index contributed by atoms with van der Waals surface area (Å²) in [7, 11) is 0. The molecule has 3 atom stereocenters. The zero-order chi connectivity index (χ0) is 18.2. The Hall–Kier alpha value is -1.02. The van der Waals surface area contributed by atoms with Gasteiger partial charge in [-0.15, -0.1) is 11.6 Å². The number of fused-ring (bicyclic) bond motifs is 3. The molecule has 0 radical (unpaired) electrons. The van der Waals surface area contributed by atoms with Crippen LogP contribution in [0.2, 0.25) is 0 Å². The Morgan fingerprint density at radius 3 is 2.76 bits per heavy atom. The number of hydrogen-bond acceptors (Lipinski definition) is 1. The zero-order valence-corrected chi connectivity index (χ0v) is 17.0. The van der Waals surface area contributed by atoms with Crippen LogP contribution in [0.3, 0.4) is 0 Å². The lowest BCUT2D eigenvalue weighted by atomic mass is 9.50. The Kier molecular flexibility index (Phi) is 5.21. The van der Waals surface area contributed by atoms with Crippen molar-refractivity contribution in [1.82, 2.24) is 0 Å². The lowest BCUT2D eigenvalue weighted by Crippen LogP contribution is -2.50. The Balaban J connectivity index is 1.95. The van der Waals surface area contributed by atoms with E-state index in [1.54, 1.807) is 11.1 Å². The molecule has 1 aromatic rings. The molecule has 2 N–H and O–H groups in total. The van der Waals surface area contributed by atoms with E-state index in [0.29, 0.717) is 23.6 Å². The van der Waals surface area contributed by atoms with Gasteiger partial charge in [0.1, 0.15) is 5.84 Å². The Morgan fingerprint density at radius 1 is 1.32 bits per heavy atom. The summed E-state index contributed by atoms with van der Waals surface area (Å²) in [4.78, 5) is 4.62. The summed E-state index contributed by atoms with van der Waals surface area (Å²) < 4.78 is 0. The van der Waals surface area contributed by atoms with Crippen molar-refractivity contribution in [2.24, 2.45) is 22.1 Å². The first-order valence-corrected chi connectivity index (χ1v) is 10.3. The van der Waals surface area contributed by atoms with Crippen LogP contribution in [-0.2, 0) is 11.8 Å². The third-order valence-corrected chi connectivity index (χ3v) is 7.22. The molecule has 3 heteroatoms. The van der Waals surface area contributed by atoms with Gasteiger partial charge in [0.15, 0.2) is 0 Å². The van der Waals surface area contributed by atoms with Crippen LogP contribution in [0.4, 0.5) is 0 Å². The van der Waals surface area contributed by atoms with Gasteiger partial charge in [-0.05, 0) is 65.0 Å². The van der Waals surface area contributed by atoms with Crippen LogP contribution in [0, 0.1) is 11.3 Å². The van der Waals surface area contributed by atoms with Crippen LogP contribution in [0.1, 0.15) is 76.0 Å². The number of amidine groups is 1. The summed E-state index contributed by atoms with van der Waals surface area (Å²) in [5.74, 6) is 2.17. The summed E-state index contributed by atoms with van der Waals surface area (Å²) >= 11 is 5.83. The molecule has 138 valence electrons. The normalized spacial score (nSPS) is 32.4. The standard InChI is InChI=1S/C22H33ClN2/c1-15(2)16-6-8-18-17(12-16)7-9-19-21(3,14-25-20(24)13-23)10-5-11-22(18,19)4/h6,8,12,15,19H,5,7,9-11,13-14H2,1-4H3,(H2,24,25)/t19-,21-,22+/m0/s1. The third-order valence-electron chi connectivity index (χ3n) is 6.95. The third kappa shape index (κ3) is 3.35. The number of hydrogen-bond donors (Lipinski definition) is 1. The van der Waals surface area contributed by atoms with E-state index in [9.17, 15) is 0 Å². The van der Waals surface area contributed by atoms with Crippen LogP contribution in [0.5, 0.6) is 0 Å². The number of benzene rings is 1. The molecule has 0 amide bonds. The van der Waals surface area contributed by atoms with E-state index in [2.05, 4.69) is 50.9 Å². The lowest BCUT2D eigenvalue weighted by Gasteiger charge is -2.55. The number of aryl methyl sites for hydroxylation is 1. The van der Waals surface area contributed by atoms with Crippen molar-refractivity contribution in [2.45, 2.75) is 71.1 Å². The van der Waals surface area contributed by atoms with Gasteiger partial charge in [-0.3, -0.25) is 4.99 Å². The minimum absolute atomic E-state index is 0.220. The molecule has 0 aliphatic heterocycles. The molecule has 2 aliphatic carbocycles. The zero-order valence-electron chi connectivity index (χ0n) is 16.2. The van der Waals surface area contributed by atoms with Crippen molar-refractivity contribution in [3.63, 3.8) is 0 Å². The second kappa shape index (κ2) is 6.95. The molecule has 3 rings (SSSR count). The van der Waals surface area contributed by atoms with Gasteiger partial charge in [0.2, 0.25) is 0 Å². The van der Waals surface area contributed by atoms with Crippen LogP contribution < -0.4 is 5.73 Å². The maximum atomic E-state index is 5.89. The van der Waals surface area contributed by atoms with Crippen LogP contribution in [-0.4, -0.2) is 18.3 Å². The highest BCUT2D eigenvalue weighted by atomic mass is 35.5. The molecule has 1 aromatic carbocycles. The highest BCUT2D eigenvalue weighted by Crippen LogP contribution is 2.57. The number of nitrogens with two attached hydrogens (primary N) is 1. The molecule has 1 saturated carbocycles. The van der Waals surface area contributed by atoms with Gasteiger partial charge in [-0.25, -0.2) is 0 Å². The first-order chi connectivity index (χ1) is 11.8. The van der Waals surface area contributed by atoms with E-state index in [0.717, 1.165) is 6.54 Å². The minimum Gasteiger partial charge on any atom is -0.386 e. The number of aliphatic imine (C=N–C) groups is 1. The van der Waals surface area contributed by atoms with E-state index in [-0.39, 0.29) is 10.8 Å². The van der Waals surface area contributed by atoms with Gasteiger partial charge >= 0.3 is 0 Å². The molecule has 0 unspecified atom stereocenters. The smallest absolute Gasteiger partial charge is 0.109 e. The average molecular weight is 361 g/mol. The van der Waals surface area contributed by atoms with Crippen molar-refractivity contribution < 1.29 is 0 Å². The van der Waals surface area contributed by atoms with Gasteiger partial charge in [-0.2, -0.15) is 0 Å². The molecule has 25 heavy (non-hydrogen) atoms. The van der Waals surface area contributed by atoms with E-state index in [1.165, 1.54) is 37.7 Å². The SMILES string of the molecule is CC(C)c1ccc2c(c1)CC[C@H]1[C@](C)(CN=C(N)CCl)CCC[C@]21C. The molecule has 0 aromatic heterocycles. The highest BCUT2D eigenvalue weighted by Gasteiger charge is 2.51. The minimum atomic E-state index is 0.220. The van der Waals surface area contributed by atoms with Crippen LogP contribution >= 0.6 is 11.6 Å². The fourth-order valence-electron chi connectivity index (χ4n) is 5.52. The van der Waals surface area contributed by atoms with Crippen LogP contribution in [0.15, 0.2) is 23.2 Å². The van der Waals surface area contributed by atoms with Gasteiger partial charge in [0.05, 0.1) is 5.88 Å². The van der Waals surface area contributed by atoms with Crippen molar-refractivity contribution in [1.29, 1.82) is 0 Å². The van der Waals surface area contributed by atoms with E-state index >= 15 is 0 Å². The maximum Gasteiger partial charge on any atom is 0.109 e. The largest absolute Gasteiger partial charge is 0.386 e. The van der Waals surface area contributed by atoms with Crippen molar-refractivity contribution >= 4 is 17.4 Å².